The van der Waals surface area contributed by atoms with E-state index in [0.717, 1.165) is 5.69 Å². The van der Waals surface area contributed by atoms with Gasteiger partial charge in [-0.05, 0) is 12.1 Å². The molecule has 1 saturated heterocycles. The van der Waals surface area contributed by atoms with Gasteiger partial charge in [-0.3, -0.25) is 14.9 Å². The maximum absolute atomic E-state index is 11.3. The Bertz CT molecular complexity index is 484. The second-order valence-electron chi connectivity index (χ2n) is 3.86. The summed E-state index contributed by atoms with van der Waals surface area (Å²) in [5, 5.41) is 2.26. The van der Waals surface area contributed by atoms with Crippen LogP contribution in [0.15, 0.2) is 18.2 Å². The van der Waals surface area contributed by atoms with Crippen molar-refractivity contribution in [1.29, 1.82) is 0 Å². The summed E-state index contributed by atoms with van der Waals surface area (Å²) < 4.78 is 10.4. The van der Waals surface area contributed by atoms with Gasteiger partial charge in [0.05, 0.1) is 13.1 Å². The van der Waals surface area contributed by atoms with Crippen molar-refractivity contribution in [1.82, 2.24) is 5.32 Å². The van der Waals surface area contributed by atoms with Crippen molar-refractivity contribution in [3.8, 4) is 11.5 Å². The summed E-state index contributed by atoms with van der Waals surface area (Å²) >= 11 is 0. The van der Waals surface area contributed by atoms with E-state index in [1.165, 1.54) is 0 Å². The van der Waals surface area contributed by atoms with E-state index >= 15 is 0 Å². The molecule has 2 heterocycles. The third-order valence-corrected chi connectivity index (χ3v) is 2.67. The predicted molar refractivity (Wildman–Crippen MR) is 57.9 cm³/mol. The van der Waals surface area contributed by atoms with Gasteiger partial charge in [-0.1, -0.05) is 0 Å². The van der Waals surface area contributed by atoms with Gasteiger partial charge >= 0.3 is 0 Å². The van der Waals surface area contributed by atoms with Crippen LogP contribution < -0.4 is 19.7 Å². The maximum atomic E-state index is 11.3. The Morgan fingerprint density at radius 2 is 1.76 bits per heavy atom. The lowest BCUT2D eigenvalue weighted by Gasteiger charge is -2.27. The Hall–Kier alpha value is -2.24. The molecular weight excluding hydrogens is 224 g/mol. The van der Waals surface area contributed by atoms with Crippen LogP contribution >= 0.6 is 0 Å². The fraction of sp³-hybridized carbons (Fsp3) is 0.273. The molecule has 0 aliphatic carbocycles. The van der Waals surface area contributed by atoms with Crippen molar-refractivity contribution in [2.75, 3.05) is 24.8 Å². The molecule has 2 amide bonds. The zero-order valence-electron chi connectivity index (χ0n) is 8.93. The van der Waals surface area contributed by atoms with Crippen molar-refractivity contribution in [2.45, 2.75) is 0 Å². The second-order valence-corrected chi connectivity index (χ2v) is 3.86. The summed E-state index contributed by atoms with van der Waals surface area (Å²) in [4.78, 5) is 24.2. The first-order valence-electron chi connectivity index (χ1n) is 5.20. The number of hydrogen-bond donors (Lipinski definition) is 1. The van der Waals surface area contributed by atoms with Gasteiger partial charge in [0.15, 0.2) is 11.5 Å². The van der Waals surface area contributed by atoms with E-state index in [1.807, 2.05) is 0 Å². The summed E-state index contributed by atoms with van der Waals surface area (Å²) in [5.41, 5.74) is 0.775. The molecule has 6 heteroatoms. The number of anilines is 1. The van der Waals surface area contributed by atoms with Crippen molar-refractivity contribution < 1.29 is 19.1 Å². The number of rotatable bonds is 1. The minimum atomic E-state index is -0.293. The molecule has 0 spiro atoms. The Labute approximate surface area is 97.1 Å². The number of nitrogens with zero attached hydrogens (tertiary/aromatic N) is 1. The van der Waals surface area contributed by atoms with Crippen LogP contribution in [0.2, 0.25) is 0 Å². The first kappa shape index (κ1) is 9.95. The number of ether oxygens (including phenoxy) is 2. The third-order valence-electron chi connectivity index (χ3n) is 2.67. The molecule has 1 fully saturated rings. The third kappa shape index (κ3) is 1.77. The van der Waals surface area contributed by atoms with Gasteiger partial charge in [-0.25, -0.2) is 0 Å². The van der Waals surface area contributed by atoms with E-state index in [0.29, 0.717) is 11.5 Å². The number of benzene rings is 1. The monoisotopic (exact) mass is 234 g/mol. The highest BCUT2D eigenvalue weighted by molar-refractivity contribution is 6.02. The van der Waals surface area contributed by atoms with Crippen LogP contribution in [0.4, 0.5) is 5.69 Å². The zero-order valence-corrected chi connectivity index (χ0v) is 8.93. The molecular formula is C11H10N2O4. The molecule has 17 heavy (non-hydrogen) atoms. The molecule has 1 N–H and O–H groups in total. The number of amides is 2. The Balaban J connectivity index is 1.88. The first-order chi connectivity index (χ1) is 8.22. The van der Waals surface area contributed by atoms with Gasteiger partial charge in [0.25, 0.3) is 0 Å². The van der Waals surface area contributed by atoms with E-state index in [1.54, 1.807) is 23.1 Å². The molecule has 88 valence electrons. The number of carbonyl (C=O) groups is 2. The van der Waals surface area contributed by atoms with E-state index in [-0.39, 0.29) is 31.7 Å². The lowest BCUT2D eigenvalue weighted by molar-refractivity contribution is -0.130. The molecule has 1 aromatic carbocycles. The summed E-state index contributed by atoms with van der Waals surface area (Å²) in [5.74, 6) is 0.736. The van der Waals surface area contributed by atoms with Crippen molar-refractivity contribution >= 4 is 17.5 Å². The average Bonchev–Trinajstić information content (AvgIpc) is 2.74. The minimum Gasteiger partial charge on any atom is -0.454 e. The number of piperazine rings is 1. The number of nitrogens with one attached hydrogen (secondary N) is 1. The van der Waals surface area contributed by atoms with Crippen LogP contribution in [0, 0.1) is 0 Å². The topological polar surface area (TPSA) is 67.9 Å². The quantitative estimate of drug-likeness (QED) is 0.686. The van der Waals surface area contributed by atoms with Gasteiger partial charge in [0, 0.05) is 11.8 Å². The Morgan fingerprint density at radius 3 is 2.53 bits per heavy atom. The molecule has 2 aliphatic rings. The SMILES string of the molecule is O=C1CN(c2ccc3c(c2)OCO3)CC(=O)N1. The molecule has 0 saturated carbocycles. The molecule has 6 nitrogen and oxygen atoms in total. The summed E-state index contributed by atoms with van der Waals surface area (Å²) in [7, 11) is 0. The van der Waals surface area contributed by atoms with Crippen LogP contribution in [0.5, 0.6) is 11.5 Å². The van der Waals surface area contributed by atoms with Crippen molar-refractivity contribution in [3.05, 3.63) is 18.2 Å². The van der Waals surface area contributed by atoms with Crippen LogP contribution in [0.1, 0.15) is 0 Å². The van der Waals surface area contributed by atoms with Crippen LogP contribution in [-0.4, -0.2) is 31.7 Å². The lowest BCUT2D eigenvalue weighted by atomic mass is 10.2. The highest BCUT2D eigenvalue weighted by Gasteiger charge is 2.24. The summed E-state index contributed by atoms with van der Waals surface area (Å²) in [6.07, 6.45) is 0. The molecule has 3 rings (SSSR count). The van der Waals surface area contributed by atoms with Crippen molar-refractivity contribution in [3.63, 3.8) is 0 Å². The van der Waals surface area contributed by atoms with Gasteiger partial charge in [0.1, 0.15) is 0 Å². The minimum absolute atomic E-state index is 0.172. The summed E-state index contributed by atoms with van der Waals surface area (Å²) in [6, 6.07) is 5.35. The van der Waals surface area contributed by atoms with E-state index in [9.17, 15) is 9.59 Å². The molecule has 0 atom stereocenters. The lowest BCUT2D eigenvalue weighted by Crippen LogP contribution is -2.51. The van der Waals surface area contributed by atoms with E-state index in [2.05, 4.69) is 5.32 Å². The van der Waals surface area contributed by atoms with E-state index in [4.69, 9.17) is 9.47 Å². The predicted octanol–water partition coefficient (Wildman–Crippen LogP) is -0.122. The van der Waals surface area contributed by atoms with E-state index < -0.39 is 0 Å². The smallest absolute Gasteiger partial charge is 0.246 e. The molecule has 1 aromatic rings. The average molecular weight is 234 g/mol. The number of fused-ring (bicyclic) bond motifs is 1. The second kappa shape index (κ2) is 3.65. The van der Waals surface area contributed by atoms with Crippen molar-refractivity contribution in [2.24, 2.45) is 0 Å². The Kier molecular flexibility index (Phi) is 2.14. The van der Waals surface area contributed by atoms with Crippen LogP contribution in [0.3, 0.4) is 0 Å². The molecule has 2 aliphatic heterocycles. The molecule has 0 aromatic heterocycles. The van der Waals surface area contributed by atoms with Crippen LogP contribution in [-0.2, 0) is 9.59 Å². The van der Waals surface area contributed by atoms with Gasteiger partial charge in [-0.15, -0.1) is 0 Å². The van der Waals surface area contributed by atoms with Gasteiger partial charge < -0.3 is 14.4 Å². The first-order valence-corrected chi connectivity index (χ1v) is 5.20. The number of carbonyl (C=O) groups excluding carboxylic acids is 2. The fourth-order valence-electron chi connectivity index (χ4n) is 1.90. The summed E-state index contributed by atoms with van der Waals surface area (Å²) in [6.45, 7) is 0.551. The highest BCUT2D eigenvalue weighted by atomic mass is 16.7. The number of imide groups is 1. The van der Waals surface area contributed by atoms with Crippen LogP contribution in [0.25, 0.3) is 0 Å². The van der Waals surface area contributed by atoms with Gasteiger partial charge in [0.2, 0.25) is 18.6 Å². The highest BCUT2D eigenvalue weighted by Crippen LogP contribution is 2.35. The largest absolute Gasteiger partial charge is 0.454 e. The maximum Gasteiger partial charge on any atom is 0.246 e. The fourth-order valence-corrected chi connectivity index (χ4v) is 1.90. The number of hydrogen-bond acceptors (Lipinski definition) is 5. The van der Waals surface area contributed by atoms with Gasteiger partial charge in [-0.2, -0.15) is 0 Å². The zero-order chi connectivity index (χ0) is 11.8. The molecule has 0 radical (unpaired) electrons. The standard InChI is InChI=1S/C11H10N2O4/c14-10-4-13(5-11(15)12-10)7-1-2-8-9(3-7)17-6-16-8/h1-3H,4-6H2,(H,12,14,15). The Morgan fingerprint density at radius 1 is 1.06 bits per heavy atom. The molecule has 0 bridgehead atoms. The molecule has 0 unspecified atom stereocenters. The normalized spacial score (nSPS) is 18.2.